The molecular formula is C15H21N3O4S. The summed E-state index contributed by atoms with van der Waals surface area (Å²) in [6, 6.07) is 4.24. The lowest BCUT2D eigenvalue weighted by molar-refractivity contribution is 0.0931. The van der Waals surface area contributed by atoms with Crippen LogP contribution in [0, 0.1) is 0 Å². The predicted octanol–water partition coefficient (Wildman–Crippen LogP) is 0.527. The zero-order chi connectivity index (χ0) is 17.0. The predicted molar refractivity (Wildman–Crippen MR) is 86.0 cm³/mol. The summed E-state index contributed by atoms with van der Waals surface area (Å²) in [6.07, 6.45) is 1.20. The molecule has 1 saturated heterocycles. The number of rotatable bonds is 5. The van der Waals surface area contributed by atoms with Gasteiger partial charge in [-0.05, 0) is 31.9 Å². The molecule has 2 unspecified atom stereocenters. The van der Waals surface area contributed by atoms with Crippen LogP contribution < -0.4 is 10.6 Å². The van der Waals surface area contributed by atoms with E-state index in [1.54, 1.807) is 6.07 Å². The minimum atomic E-state index is -3.06. The maximum absolute atomic E-state index is 12.2. The number of pyridine rings is 1. The van der Waals surface area contributed by atoms with E-state index in [2.05, 4.69) is 15.6 Å². The molecule has 2 N–H and O–H groups in total. The highest BCUT2D eigenvalue weighted by Crippen LogP contribution is 2.12. The summed E-state index contributed by atoms with van der Waals surface area (Å²) in [7, 11) is -3.06. The van der Waals surface area contributed by atoms with E-state index in [1.807, 2.05) is 13.8 Å². The normalized spacial score (nSPS) is 20.7. The van der Waals surface area contributed by atoms with Gasteiger partial charge in [0.15, 0.2) is 9.84 Å². The second kappa shape index (κ2) is 7.08. The van der Waals surface area contributed by atoms with E-state index < -0.39 is 21.8 Å². The van der Waals surface area contributed by atoms with Gasteiger partial charge in [0.1, 0.15) is 11.4 Å². The van der Waals surface area contributed by atoms with Gasteiger partial charge in [0.05, 0.1) is 11.5 Å². The number of hydrogen-bond acceptors (Lipinski definition) is 5. The molecule has 8 heteroatoms. The zero-order valence-corrected chi connectivity index (χ0v) is 14.0. The Labute approximate surface area is 135 Å². The first-order valence-corrected chi connectivity index (χ1v) is 9.42. The molecule has 23 heavy (non-hydrogen) atoms. The third-order valence-electron chi connectivity index (χ3n) is 3.77. The molecule has 1 aromatic rings. The van der Waals surface area contributed by atoms with Crippen molar-refractivity contribution in [3.05, 3.63) is 29.6 Å². The molecule has 2 amide bonds. The summed E-state index contributed by atoms with van der Waals surface area (Å²) in [5.74, 6) is -0.766. The van der Waals surface area contributed by atoms with Crippen molar-refractivity contribution in [2.75, 3.05) is 11.5 Å². The average Bonchev–Trinajstić information content (AvgIpc) is 2.85. The Kier molecular flexibility index (Phi) is 5.35. The Balaban J connectivity index is 2.04. The average molecular weight is 339 g/mol. The molecule has 1 fully saturated rings. The van der Waals surface area contributed by atoms with Gasteiger partial charge in [-0.1, -0.05) is 13.0 Å². The fourth-order valence-electron chi connectivity index (χ4n) is 2.26. The van der Waals surface area contributed by atoms with Gasteiger partial charge in [-0.2, -0.15) is 0 Å². The monoisotopic (exact) mass is 339 g/mol. The molecule has 1 aliphatic heterocycles. The van der Waals surface area contributed by atoms with Crippen molar-refractivity contribution in [3.8, 4) is 0 Å². The summed E-state index contributed by atoms with van der Waals surface area (Å²) >= 11 is 0. The number of hydrogen-bond donors (Lipinski definition) is 2. The van der Waals surface area contributed by atoms with Crippen LogP contribution in [-0.4, -0.2) is 48.8 Å². The summed E-state index contributed by atoms with van der Waals surface area (Å²) in [5, 5.41) is 5.44. The SMILES string of the molecule is CCC(C)NC(=O)c1cccc(C(=O)NC2CCS(=O)(=O)C2)n1. The summed E-state index contributed by atoms with van der Waals surface area (Å²) in [4.78, 5) is 28.3. The van der Waals surface area contributed by atoms with Crippen LogP contribution in [0.5, 0.6) is 0 Å². The van der Waals surface area contributed by atoms with Gasteiger partial charge in [-0.3, -0.25) is 9.59 Å². The van der Waals surface area contributed by atoms with Gasteiger partial charge in [-0.15, -0.1) is 0 Å². The molecule has 2 atom stereocenters. The molecule has 0 spiro atoms. The molecule has 126 valence electrons. The molecule has 0 radical (unpaired) electrons. The lowest BCUT2D eigenvalue weighted by atomic mass is 10.2. The highest BCUT2D eigenvalue weighted by molar-refractivity contribution is 7.91. The largest absolute Gasteiger partial charge is 0.348 e. The lowest BCUT2D eigenvalue weighted by Gasteiger charge is -2.12. The first-order valence-electron chi connectivity index (χ1n) is 7.60. The second-order valence-corrected chi connectivity index (χ2v) is 7.99. The molecule has 0 saturated carbocycles. The fourth-order valence-corrected chi connectivity index (χ4v) is 3.93. The van der Waals surface area contributed by atoms with Gasteiger partial charge < -0.3 is 10.6 Å². The van der Waals surface area contributed by atoms with Crippen LogP contribution >= 0.6 is 0 Å². The Morgan fingerprint density at radius 1 is 1.30 bits per heavy atom. The highest BCUT2D eigenvalue weighted by atomic mass is 32.2. The molecule has 0 bridgehead atoms. The number of nitrogens with zero attached hydrogens (tertiary/aromatic N) is 1. The summed E-state index contributed by atoms with van der Waals surface area (Å²) < 4.78 is 22.8. The molecule has 2 rings (SSSR count). The van der Waals surface area contributed by atoms with Crippen molar-refractivity contribution in [2.45, 2.75) is 38.8 Å². The Hall–Kier alpha value is -1.96. The minimum absolute atomic E-state index is 0.0190. The van der Waals surface area contributed by atoms with E-state index in [9.17, 15) is 18.0 Å². The maximum atomic E-state index is 12.2. The van der Waals surface area contributed by atoms with Crippen molar-refractivity contribution in [1.82, 2.24) is 15.6 Å². The van der Waals surface area contributed by atoms with Crippen molar-refractivity contribution in [2.24, 2.45) is 0 Å². The van der Waals surface area contributed by atoms with Crippen LogP contribution in [0.2, 0.25) is 0 Å². The third kappa shape index (κ3) is 4.75. The van der Waals surface area contributed by atoms with Gasteiger partial charge in [0.25, 0.3) is 11.8 Å². The molecule has 1 aliphatic rings. The van der Waals surface area contributed by atoms with Gasteiger partial charge in [0.2, 0.25) is 0 Å². The molecule has 7 nitrogen and oxygen atoms in total. The molecule has 0 aliphatic carbocycles. The standard InChI is InChI=1S/C15H21N3O4S/c1-3-10(2)16-14(19)12-5-4-6-13(18-12)15(20)17-11-7-8-23(21,22)9-11/h4-6,10-11H,3,7-9H2,1-2H3,(H,16,19)(H,17,20). The van der Waals surface area contributed by atoms with Crippen LogP contribution in [0.1, 0.15) is 47.7 Å². The van der Waals surface area contributed by atoms with Crippen LogP contribution in [0.3, 0.4) is 0 Å². The van der Waals surface area contributed by atoms with Crippen LogP contribution in [-0.2, 0) is 9.84 Å². The molecule has 0 aromatic carbocycles. The van der Waals surface area contributed by atoms with Crippen molar-refractivity contribution in [3.63, 3.8) is 0 Å². The molecule has 2 heterocycles. The smallest absolute Gasteiger partial charge is 0.270 e. The lowest BCUT2D eigenvalue weighted by Crippen LogP contribution is -2.37. The number of amides is 2. The number of carbonyl (C=O) groups is 2. The van der Waals surface area contributed by atoms with E-state index in [-0.39, 0.29) is 34.8 Å². The van der Waals surface area contributed by atoms with Crippen LogP contribution in [0.15, 0.2) is 18.2 Å². The van der Waals surface area contributed by atoms with Gasteiger partial charge in [0, 0.05) is 12.1 Å². The zero-order valence-electron chi connectivity index (χ0n) is 13.2. The summed E-state index contributed by atoms with van der Waals surface area (Å²) in [5.41, 5.74) is 0.267. The van der Waals surface area contributed by atoms with E-state index in [4.69, 9.17) is 0 Å². The molecular weight excluding hydrogens is 318 g/mol. The first-order chi connectivity index (χ1) is 10.8. The van der Waals surface area contributed by atoms with Crippen molar-refractivity contribution in [1.29, 1.82) is 0 Å². The van der Waals surface area contributed by atoms with E-state index in [1.165, 1.54) is 12.1 Å². The first kappa shape index (κ1) is 17.4. The van der Waals surface area contributed by atoms with E-state index in [0.29, 0.717) is 6.42 Å². The third-order valence-corrected chi connectivity index (χ3v) is 5.54. The number of nitrogens with one attached hydrogen (secondary N) is 2. The summed E-state index contributed by atoms with van der Waals surface area (Å²) in [6.45, 7) is 3.84. The minimum Gasteiger partial charge on any atom is -0.348 e. The van der Waals surface area contributed by atoms with Gasteiger partial charge in [-0.25, -0.2) is 13.4 Å². The van der Waals surface area contributed by atoms with Crippen LogP contribution in [0.25, 0.3) is 0 Å². The van der Waals surface area contributed by atoms with Crippen LogP contribution in [0.4, 0.5) is 0 Å². The van der Waals surface area contributed by atoms with E-state index in [0.717, 1.165) is 6.42 Å². The highest BCUT2D eigenvalue weighted by Gasteiger charge is 2.29. The molecule has 1 aromatic heterocycles. The topological polar surface area (TPSA) is 105 Å². The van der Waals surface area contributed by atoms with Gasteiger partial charge >= 0.3 is 0 Å². The van der Waals surface area contributed by atoms with Crippen molar-refractivity contribution >= 4 is 21.7 Å². The number of sulfone groups is 1. The second-order valence-electron chi connectivity index (χ2n) is 5.76. The maximum Gasteiger partial charge on any atom is 0.270 e. The number of aromatic nitrogens is 1. The fraction of sp³-hybridized carbons (Fsp3) is 0.533. The Bertz CT molecular complexity index is 702. The Morgan fingerprint density at radius 3 is 2.52 bits per heavy atom. The quantitative estimate of drug-likeness (QED) is 0.814. The Morgan fingerprint density at radius 2 is 1.96 bits per heavy atom. The van der Waals surface area contributed by atoms with E-state index >= 15 is 0 Å². The number of carbonyl (C=O) groups excluding carboxylic acids is 2. The van der Waals surface area contributed by atoms with Crippen molar-refractivity contribution < 1.29 is 18.0 Å².